The average Bonchev–Trinajstić information content (AvgIpc) is 2.67. The molecule has 0 atom stereocenters. The van der Waals surface area contributed by atoms with Crippen LogP contribution in [0.25, 0.3) is 10.2 Å². The van der Waals surface area contributed by atoms with Gasteiger partial charge in [-0.05, 0) is 24.1 Å². The van der Waals surface area contributed by atoms with Crippen LogP contribution in [-0.2, 0) is 17.6 Å². The molecule has 2 rings (SSSR count). The number of aromatic nitrogens is 1. The summed E-state index contributed by atoms with van der Waals surface area (Å²) < 4.78 is 6.35. The normalized spacial score (nSPS) is 11.1. The third-order valence-corrected chi connectivity index (χ3v) is 3.50. The first kappa shape index (κ1) is 10.6. The van der Waals surface area contributed by atoms with E-state index in [1.807, 2.05) is 0 Å². The Morgan fingerprint density at radius 1 is 1.40 bits per heavy atom. The number of thiazole rings is 1. The molecule has 0 aliphatic carbocycles. The Balaban J connectivity index is 2.29. The zero-order valence-electron chi connectivity index (χ0n) is 9.12. The standard InChI is InChI=1S/C12H15NOS/c1-3-9-4-5-10-11(8-9)15-12(13-10)6-7-14-2/h4-5,8H,3,6-7H2,1-2H3. The van der Waals surface area contributed by atoms with Gasteiger partial charge in [-0.25, -0.2) is 4.98 Å². The molecule has 0 radical (unpaired) electrons. The fourth-order valence-electron chi connectivity index (χ4n) is 1.53. The van der Waals surface area contributed by atoms with Crippen LogP contribution in [0, 0.1) is 0 Å². The summed E-state index contributed by atoms with van der Waals surface area (Å²) >= 11 is 1.78. The second kappa shape index (κ2) is 4.73. The minimum absolute atomic E-state index is 0.750. The molecule has 3 heteroatoms. The molecule has 1 heterocycles. The number of benzene rings is 1. The maximum Gasteiger partial charge on any atom is 0.0961 e. The van der Waals surface area contributed by atoms with Crippen LogP contribution in [0.4, 0.5) is 0 Å². The van der Waals surface area contributed by atoms with Gasteiger partial charge in [0, 0.05) is 13.5 Å². The maximum absolute atomic E-state index is 5.05. The number of aryl methyl sites for hydroxylation is 1. The van der Waals surface area contributed by atoms with Crippen LogP contribution in [0.5, 0.6) is 0 Å². The largest absolute Gasteiger partial charge is 0.384 e. The highest BCUT2D eigenvalue weighted by Gasteiger charge is 2.03. The van der Waals surface area contributed by atoms with Crippen molar-refractivity contribution in [1.29, 1.82) is 0 Å². The molecular weight excluding hydrogens is 206 g/mol. The van der Waals surface area contributed by atoms with Gasteiger partial charge in [0.15, 0.2) is 0 Å². The van der Waals surface area contributed by atoms with E-state index in [9.17, 15) is 0 Å². The highest BCUT2D eigenvalue weighted by molar-refractivity contribution is 7.18. The molecule has 0 aliphatic rings. The molecular formula is C12H15NOS. The second-order valence-electron chi connectivity index (χ2n) is 3.51. The average molecular weight is 221 g/mol. The van der Waals surface area contributed by atoms with E-state index in [4.69, 9.17) is 4.74 Å². The minimum Gasteiger partial charge on any atom is -0.384 e. The van der Waals surface area contributed by atoms with E-state index in [1.54, 1.807) is 18.4 Å². The van der Waals surface area contributed by atoms with Crippen molar-refractivity contribution in [1.82, 2.24) is 4.98 Å². The van der Waals surface area contributed by atoms with Crippen LogP contribution >= 0.6 is 11.3 Å². The van der Waals surface area contributed by atoms with Gasteiger partial charge >= 0.3 is 0 Å². The lowest BCUT2D eigenvalue weighted by molar-refractivity contribution is 0.202. The summed E-state index contributed by atoms with van der Waals surface area (Å²) in [6.07, 6.45) is 2.00. The van der Waals surface area contributed by atoms with Gasteiger partial charge in [0.05, 0.1) is 21.8 Å². The molecule has 2 aromatic rings. The van der Waals surface area contributed by atoms with Crippen LogP contribution in [0.3, 0.4) is 0 Å². The van der Waals surface area contributed by atoms with Crippen LogP contribution in [0.2, 0.25) is 0 Å². The van der Waals surface area contributed by atoms with Gasteiger partial charge in [-0.15, -0.1) is 11.3 Å². The molecule has 0 bridgehead atoms. The van der Waals surface area contributed by atoms with Crippen molar-refractivity contribution in [2.45, 2.75) is 19.8 Å². The molecule has 0 saturated heterocycles. The Kier molecular flexibility index (Phi) is 3.34. The monoisotopic (exact) mass is 221 g/mol. The summed E-state index contributed by atoms with van der Waals surface area (Å²) in [5.74, 6) is 0. The zero-order chi connectivity index (χ0) is 10.7. The predicted octanol–water partition coefficient (Wildman–Crippen LogP) is 3.05. The summed E-state index contributed by atoms with van der Waals surface area (Å²) in [5, 5.41) is 1.17. The number of ether oxygens (including phenoxy) is 1. The lowest BCUT2D eigenvalue weighted by Gasteiger charge is -1.93. The molecule has 2 nitrogen and oxygen atoms in total. The fourth-order valence-corrected chi connectivity index (χ4v) is 2.54. The van der Waals surface area contributed by atoms with Gasteiger partial charge in [0.1, 0.15) is 0 Å². The molecule has 0 N–H and O–H groups in total. The molecule has 0 unspecified atom stereocenters. The predicted molar refractivity (Wildman–Crippen MR) is 64.6 cm³/mol. The van der Waals surface area contributed by atoms with Crippen LogP contribution < -0.4 is 0 Å². The molecule has 1 aromatic carbocycles. The summed E-state index contributed by atoms with van der Waals surface area (Å²) in [6.45, 7) is 2.93. The van der Waals surface area contributed by atoms with E-state index in [0.717, 1.165) is 25.0 Å². The summed E-state index contributed by atoms with van der Waals surface area (Å²) in [4.78, 5) is 4.56. The Morgan fingerprint density at radius 2 is 2.27 bits per heavy atom. The second-order valence-corrected chi connectivity index (χ2v) is 4.62. The smallest absolute Gasteiger partial charge is 0.0961 e. The Morgan fingerprint density at radius 3 is 3.00 bits per heavy atom. The molecule has 15 heavy (non-hydrogen) atoms. The topological polar surface area (TPSA) is 22.1 Å². The summed E-state index contributed by atoms with van der Waals surface area (Å²) in [6, 6.07) is 6.51. The first-order chi connectivity index (χ1) is 7.33. The first-order valence-corrected chi connectivity index (χ1v) is 6.02. The lowest BCUT2D eigenvalue weighted by Crippen LogP contribution is -1.92. The molecule has 0 amide bonds. The lowest BCUT2D eigenvalue weighted by atomic mass is 10.2. The van der Waals surface area contributed by atoms with Gasteiger partial charge in [-0.2, -0.15) is 0 Å². The number of hydrogen-bond donors (Lipinski definition) is 0. The van der Waals surface area contributed by atoms with Crippen LogP contribution in [-0.4, -0.2) is 18.7 Å². The molecule has 1 aromatic heterocycles. The Labute approximate surface area is 93.9 Å². The van der Waals surface area contributed by atoms with Crippen molar-refractivity contribution in [3.8, 4) is 0 Å². The van der Waals surface area contributed by atoms with Gasteiger partial charge in [0.25, 0.3) is 0 Å². The van der Waals surface area contributed by atoms with Crippen molar-refractivity contribution in [3.05, 3.63) is 28.8 Å². The van der Waals surface area contributed by atoms with Crippen LogP contribution in [0.15, 0.2) is 18.2 Å². The molecule has 0 fully saturated rings. The van der Waals surface area contributed by atoms with Crippen molar-refractivity contribution in [3.63, 3.8) is 0 Å². The molecule has 0 aliphatic heterocycles. The third-order valence-electron chi connectivity index (χ3n) is 2.43. The van der Waals surface area contributed by atoms with E-state index >= 15 is 0 Å². The van der Waals surface area contributed by atoms with Crippen molar-refractivity contribution in [2.24, 2.45) is 0 Å². The van der Waals surface area contributed by atoms with E-state index in [-0.39, 0.29) is 0 Å². The highest BCUT2D eigenvalue weighted by atomic mass is 32.1. The molecule has 0 saturated carbocycles. The fraction of sp³-hybridized carbons (Fsp3) is 0.417. The van der Waals surface area contributed by atoms with Gasteiger partial charge in [0.2, 0.25) is 0 Å². The quantitative estimate of drug-likeness (QED) is 0.791. The van der Waals surface area contributed by atoms with Gasteiger partial charge in [-0.1, -0.05) is 13.0 Å². The van der Waals surface area contributed by atoms with E-state index in [2.05, 4.69) is 30.1 Å². The zero-order valence-corrected chi connectivity index (χ0v) is 9.93. The highest BCUT2D eigenvalue weighted by Crippen LogP contribution is 2.23. The number of hydrogen-bond acceptors (Lipinski definition) is 3. The number of nitrogens with zero attached hydrogens (tertiary/aromatic N) is 1. The van der Waals surface area contributed by atoms with Crippen molar-refractivity contribution >= 4 is 21.6 Å². The Bertz CT molecular complexity index is 450. The maximum atomic E-state index is 5.05. The van der Waals surface area contributed by atoms with E-state index in [1.165, 1.54) is 15.3 Å². The number of rotatable bonds is 4. The number of methoxy groups -OCH3 is 1. The van der Waals surface area contributed by atoms with Gasteiger partial charge in [-0.3, -0.25) is 0 Å². The first-order valence-electron chi connectivity index (χ1n) is 5.20. The minimum atomic E-state index is 0.750. The summed E-state index contributed by atoms with van der Waals surface area (Å²) in [7, 11) is 1.72. The van der Waals surface area contributed by atoms with E-state index in [0.29, 0.717) is 0 Å². The van der Waals surface area contributed by atoms with E-state index < -0.39 is 0 Å². The van der Waals surface area contributed by atoms with Crippen LogP contribution in [0.1, 0.15) is 17.5 Å². The van der Waals surface area contributed by atoms with Crippen molar-refractivity contribution < 1.29 is 4.74 Å². The van der Waals surface area contributed by atoms with Crippen molar-refractivity contribution in [2.75, 3.05) is 13.7 Å². The SMILES string of the molecule is CCc1ccc2nc(CCOC)sc2c1. The number of fused-ring (bicyclic) bond motifs is 1. The van der Waals surface area contributed by atoms with Gasteiger partial charge < -0.3 is 4.74 Å². The third kappa shape index (κ3) is 2.36. The Hall–Kier alpha value is -0.930. The summed E-state index contributed by atoms with van der Waals surface area (Å²) in [5.41, 5.74) is 2.49. The molecule has 0 spiro atoms. The molecule has 80 valence electrons.